The lowest BCUT2D eigenvalue weighted by Crippen LogP contribution is -2.26. The summed E-state index contributed by atoms with van der Waals surface area (Å²) in [7, 11) is 1.72. The first-order chi connectivity index (χ1) is 9.08. The van der Waals surface area contributed by atoms with Crippen LogP contribution in [0.2, 0.25) is 0 Å². The highest BCUT2D eigenvalue weighted by molar-refractivity contribution is 5.92. The molecule has 0 spiro atoms. The molecule has 0 fully saturated rings. The van der Waals surface area contributed by atoms with E-state index in [4.69, 9.17) is 5.73 Å². The fourth-order valence-electron chi connectivity index (χ4n) is 2.09. The van der Waals surface area contributed by atoms with Crippen LogP contribution in [0.15, 0.2) is 24.3 Å². The molecule has 0 heterocycles. The van der Waals surface area contributed by atoms with Crippen LogP contribution in [0.3, 0.4) is 0 Å². The lowest BCUT2D eigenvalue weighted by atomic mass is 9.96. The van der Waals surface area contributed by atoms with E-state index in [9.17, 15) is 9.18 Å². The molecule has 0 radical (unpaired) electrons. The maximum atomic E-state index is 12.8. The highest BCUT2D eigenvalue weighted by Gasteiger charge is 2.13. The first-order valence-electron chi connectivity index (χ1n) is 6.80. The van der Waals surface area contributed by atoms with Gasteiger partial charge < -0.3 is 10.6 Å². The van der Waals surface area contributed by atoms with Crippen molar-refractivity contribution in [3.8, 4) is 0 Å². The Morgan fingerprint density at radius 3 is 2.47 bits per heavy atom. The molecule has 1 aromatic rings. The number of nitrogens with zero attached hydrogens (tertiary/aromatic N) is 1. The van der Waals surface area contributed by atoms with Crippen LogP contribution in [0, 0.1) is 11.7 Å². The summed E-state index contributed by atoms with van der Waals surface area (Å²) in [4.78, 5) is 13.6. The number of hydrogen-bond acceptors (Lipinski definition) is 2. The van der Waals surface area contributed by atoms with Crippen LogP contribution in [0.1, 0.15) is 32.6 Å². The van der Waals surface area contributed by atoms with Crippen LogP contribution in [0.4, 0.5) is 10.1 Å². The molecule has 0 saturated carbocycles. The van der Waals surface area contributed by atoms with E-state index in [-0.39, 0.29) is 11.7 Å². The molecule has 0 bridgehead atoms. The fraction of sp³-hybridized carbons (Fsp3) is 0.533. The Morgan fingerprint density at radius 1 is 1.32 bits per heavy atom. The normalized spacial score (nSPS) is 12.2. The quantitative estimate of drug-likeness (QED) is 0.824. The molecule has 19 heavy (non-hydrogen) atoms. The summed E-state index contributed by atoms with van der Waals surface area (Å²) in [5.74, 6) is 0.274. The van der Waals surface area contributed by atoms with Crippen molar-refractivity contribution in [1.82, 2.24) is 0 Å². The van der Waals surface area contributed by atoms with Crippen molar-refractivity contribution in [1.29, 1.82) is 0 Å². The Bertz CT molecular complexity index is 392. The van der Waals surface area contributed by atoms with Gasteiger partial charge in [0.1, 0.15) is 5.82 Å². The molecule has 1 amide bonds. The highest BCUT2D eigenvalue weighted by Crippen LogP contribution is 2.18. The molecule has 0 aliphatic rings. The second kappa shape index (κ2) is 7.89. The van der Waals surface area contributed by atoms with Gasteiger partial charge in [0, 0.05) is 19.2 Å². The average Bonchev–Trinajstić information content (AvgIpc) is 2.43. The molecule has 0 aliphatic heterocycles. The highest BCUT2D eigenvalue weighted by atomic mass is 19.1. The van der Waals surface area contributed by atoms with Crippen molar-refractivity contribution in [3.05, 3.63) is 30.1 Å². The summed E-state index contributed by atoms with van der Waals surface area (Å²) in [6.07, 6.45) is 3.37. The summed E-state index contributed by atoms with van der Waals surface area (Å²) in [6.45, 7) is 2.79. The van der Waals surface area contributed by atoms with E-state index < -0.39 is 0 Å². The van der Waals surface area contributed by atoms with Crippen LogP contribution in [-0.2, 0) is 4.79 Å². The number of benzene rings is 1. The molecular formula is C15H23FN2O. The minimum absolute atomic E-state index is 0.0575. The van der Waals surface area contributed by atoms with E-state index in [0.717, 1.165) is 24.9 Å². The van der Waals surface area contributed by atoms with E-state index >= 15 is 0 Å². The van der Waals surface area contributed by atoms with Gasteiger partial charge in [0.05, 0.1) is 0 Å². The molecule has 106 valence electrons. The molecule has 0 saturated heterocycles. The first-order valence-corrected chi connectivity index (χ1v) is 6.80. The van der Waals surface area contributed by atoms with Crippen molar-refractivity contribution in [2.45, 2.75) is 32.6 Å². The van der Waals surface area contributed by atoms with Crippen LogP contribution in [0.25, 0.3) is 0 Å². The van der Waals surface area contributed by atoms with Crippen molar-refractivity contribution >= 4 is 11.6 Å². The van der Waals surface area contributed by atoms with Crippen molar-refractivity contribution in [2.75, 3.05) is 18.5 Å². The Morgan fingerprint density at radius 2 is 1.95 bits per heavy atom. The number of nitrogens with two attached hydrogens (primary N) is 1. The first kappa shape index (κ1) is 15.6. The maximum Gasteiger partial charge on any atom is 0.226 e. The van der Waals surface area contributed by atoms with Gasteiger partial charge in [-0.1, -0.05) is 13.3 Å². The Labute approximate surface area is 114 Å². The smallest absolute Gasteiger partial charge is 0.226 e. The average molecular weight is 266 g/mol. The number of amides is 1. The van der Waals surface area contributed by atoms with Gasteiger partial charge in [0.25, 0.3) is 0 Å². The number of halogens is 1. The van der Waals surface area contributed by atoms with Gasteiger partial charge in [-0.05, 0) is 49.6 Å². The molecule has 0 aliphatic carbocycles. The second-order valence-electron chi connectivity index (χ2n) is 4.82. The van der Waals surface area contributed by atoms with Crippen molar-refractivity contribution in [2.24, 2.45) is 11.7 Å². The molecule has 1 aromatic carbocycles. The van der Waals surface area contributed by atoms with Gasteiger partial charge in [-0.3, -0.25) is 4.79 Å². The molecule has 1 unspecified atom stereocenters. The Kier molecular flexibility index (Phi) is 6.50. The van der Waals surface area contributed by atoms with E-state index in [1.807, 2.05) is 0 Å². The second-order valence-corrected chi connectivity index (χ2v) is 4.82. The predicted octanol–water partition coefficient (Wildman–Crippen LogP) is 2.94. The van der Waals surface area contributed by atoms with E-state index in [0.29, 0.717) is 18.9 Å². The summed E-state index contributed by atoms with van der Waals surface area (Å²) in [5, 5.41) is 0. The zero-order valence-corrected chi connectivity index (χ0v) is 11.7. The molecular weight excluding hydrogens is 243 g/mol. The molecule has 2 N–H and O–H groups in total. The molecule has 0 aromatic heterocycles. The van der Waals surface area contributed by atoms with Crippen molar-refractivity contribution in [3.63, 3.8) is 0 Å². The number of carbonyl (C=O) groups excluding carboxylic acids is 1. The summed E-state index contributed by atoms with van der Waals surface area (Å²) < 4.78 is 12.8. The lowest BCUT2D eigenvalue weighted by Gasteiger charge is -2.19. The van der Waals surface area contributed by atoms with E-state index in [2.05, 4.69) is 6.92 Å². The Hall–Kier alpha value is -1.42. The van der Waals surface area contributed by atoms with Gasteiger partial charge >= 0.3 is 0 Å². The van der Waals surface area contributed by atoms with Gasteiger partial charge in [-0.15, -0.1) is 0 Å². The van der Waals surface area contributed by atoms with Gasteiger partial charge in [-0.25, -0.2) is 4.39 Å². The predicted molar refractivity (Wildman–Crippen MR) is 76.5 cm³/mol. The molecule has 4 heteroatoms. The van der Waals surface area contributed by atoms with Crippen LogP contribution < -0.4 is 10.6 Å². The topological polar surface area (TPSA) is 46.3 Å². The summed E-state index contributed by atoms with van der Waals surface area (Å²) in [6, 6.07) is 5.96. The largest absolute Gasteiger partial charge is 0.330 e. The van der Waals surface area contributed by atoms with Gasteiger partial charge in [0.15, 0.2) is 0 Å². The van der Waals surface area contributed by atoms with E-state index in [1.54, 1.807) is 24.1 Å². The third-order valence-electron chi connectivity index (χ3n) is 3.51. The zero-order chi connectivity index (χ0) is 14.3. The lowest BCUT2D eigenvalue weighted by molar-refractivity contribution is -0.118. The SMILES string of the molecule is CCC(CCN)CCC(=O)N(C)c1ccc(F)cc1. The van der Waals surface area contributed by atoms with Crippen LogP contribution >= 0.6 is 0 Å². The minimum Gasteiger partial charge on any atom is -0.330 e. The Balaban J connectivity index is 2.50. The summed E-state index contributed by atoms with van der Waals surface area (Å²) in [5.41, 5.74) is 6.27. The fourth-order valence-corrected chi connectivity index (χ4v) is 2.09. The van der Waals surface area contributed by atoms with Crippen molar-refractivity contribution < 1.29 is 9.18 Å². The molecule has 3 nitrogen and oxygen atoms in total. The number of carbonyl (C=O) groups is 1. The standard InChI is InChI=1S/C15H23FN2O/c1-3-12(10-11-17)4-9-15(19)18(2)14-7-5-13(16)6-8-14/h5-8,12H,3-4,9-11,17H2,1-2H3. The van der Waals surface area contributed by atoms with Gasteiger partial charge in [-0.2, -0.15) is 0 Å². The summed E-state index contributed by atoms with van der Waals surface area (Å²) >= 11 is 0. The van der Waals surface area contributed by atoms with Gasteiger partial charge in [0.2, 0.25) is 5.91 Å². The monoisotopic (exact) mass is 266 g/mol. The number of hydrogen-bond donors (Lipinski definition) is 1. The molecule has 1 rings (SSSR count). The number of rotatable bonds is 7. The van der Waals surface area contributed by atoms with E-state index in [1.165, 1.54) is 12.1 Å². The maximum absolute atomic E-state index is 12.8. The number of anilines is 1. The van der Waals surface area contributed by atoms with Crippen LogP contribution in [-0.4, -0.2) is 19.5 Å². The third-order valence-corrected chi connectivity index (χ3v) is 3.51. The minimum atomic E-state index is -0.293. The zero-order valence-electron chi connectivity index (χ0n) is 11.7. The third kappa shape index (κ3) is 4.99. The van der Waals surface area contributed by atoms with Crippen LogP contribution in [0.5, 0.6) is 0 Å². The molecule has 1 atom stereocenters.